The first-order chi connectivity index (χ1) is 9.54. The van der Waals surface area contributed by atoms with E-state index in [1.54, 1.807) is 12.1 Å². The van der Waals surface area contributed by atoms with Crippen molar-refractivity contribution in [3.8, 4) is 5.75 Å². The van der Waals surface area contributed by atoms with E-state index >= 15 is 0 Å². The molecule has 0 aliphatic rings. The van der Waals surface area contributed by atoms with Crippen LogP contribution in [0.1, 0.15) is 5.56 Å². The Kier molecular flexibility index (Phi) is 4.84. The van der Waals surface area contributed by atoms with Gasteiger partial charge in [0, 0.05) is 6.42 Å². The molecule has 0 aliphatic carbocycles. The monoisotopic (exact) mass is 340 g/mol. The Morgan fingerprint density at radius 2 is 1.80 bits per heavy atom. The second-order valence-electron chi connectivity index (χ2n) is 4.21. The predicted molar refractivity (Wildman–Crippen MR) is 74.7 cm³/mol. The highest BCUT2D eigenvalue weighted by Gasteiger charge is 2.07. The van der Waals surface area contributed by atoms with Crippen LogP contribution in [0.5, 0.6) is 5.75 Å². The van der Waals surface area contributed by atoms with Crippen molar-refractivity contribution in [2.45, 2.75) is 6.42 Å². The first-order valence-electron chi connectivity index (χ1n) is 5.88. The van der Waals surface area contributed by atoms with Gasteiger partial charge in [-0.05, 0) is 51.8 Å². The van der Waals surface area contributed by atoms with Crippen molar-refractivity contribution in [3.05, 3.63) is 64.1 Å². The molecule has 0 aliphatic heterocycles. The van der Waals surface area contributed by atoms with Crippen molar-refractivity contribution < 1.29 is 18.3 Å². The maximum absolute atomic E-state index is 13.0. The van der Waals surface area contributed by atoms with Gasteiger partial charge in [-0.25, -0.2) is 8.78 Å². The Morgan fingerprint density at radius 3 is 2.45 bits per heavy atom. The number of carbonyl (C=O) groups is 1. The maximum atomic E-state index is 13.0. The summed E-state index contributed by atoms with van der Waals surface area (Å²) < 4.78 is 31.3. The van der Waals surface area contributed by atoms with Crippen LogP contribution in [0.2, 0.25) is 0 Å². The summed E-state index contributed by atoms with van der Waals surface area (Å²) >= 11 is 3.04. The largest absolute Gasteiger partial charge is 0.486 e. The second-order valence-corrected chi connectivity index (χ2v) is 5.06. The van der Waals surface area contributed by atoms with Crippen molar-refractivity contribution >= 4 is 21.7 Å². The molecule has 2 aromatic rings. The zero-order valence-corrected chi connectivity index (χ0v) is 12.0. The summed E-state index contributed by atoms with van der Waals surface area (Å²) in [7, 11) is 0. The number of ketones is 1. The van der Waals surface area contributed by atoms with Crippen LogP contribution in [0, 0.1) is 11.6 Å². The molecule has 0 spiro atoms. The maximum Gasteiger partial charge on any atom is 0.174 e. The lowest BCUT2D eigenvalue weighted by molar-refractivity contribution is -0.120. The molecule has 0 amide bonds. The molecule has 0 fully saturated rings. The number of ether oxygens (including phenoxy) is 1. The van der Waals surface area contributed by atoms with E-state index in [1.807, 2.05) is 0 Å². The Labute approximate surface area is 123 Å². The standard InChI is InChI=1S/C15H11BrF2O2/c16-14-8-13(5-6-15(14)18)20-9-12(19)7-10-1-3-11(17)4-2-10/h1-6,8H,7,9H2. The minimum absolute atomic E-state index is 0.116. The molecular formula is C15H11BrF2O2. The van der Waals surface area contributed by atoms with Crippen molar-refractivity contribution in [2.75, 3.05) is 6.61 Å². The second kappa shape index (κ2) is 6.61. The van der Waals surface area contributed by atoms with Gasteiger partial charge in [-0.2, -0.15) is 0 Å². The third kappa shape index (κ3) is 4.13. The lowest BCUT2D eigenvalue weighted by Gasteiger charge is -2.06. The third-order valence-corrected chi connectivity index (χ3v) is 3.21. The Bertz CT molecular complexity index is 612. The van der Waals surface area contributed by atoms with Crippen LogP contribution in [0.25, 0.3) is 0 Å². The van der Waals surface area contributed by atoms with E-state index in [-0.39, 0.29) is 29.1 Å². The fraction of sp³-hybridized carbons (Fsp3) is 0.133. The van der Waals surface area contributed by atoms with Gasteiger partial charge in [-0.3, -0.25) is 4.79 Å². The first-order valence-corrected chi connectivity index (χ1v) is 6.68. The van der Waals surface area contributed by atoms with E-state index in [2.05, 4.69) is 15.9 Å². The van der Waals surface area contributed by atoms with Gasteiger partial charge < -0.3 is 4.74 Å². The number of Topliss-reactive ketones (excluding diaryl/α,β-unsaturated/α-hetero) is 1. The summed E-state index contributed by atoms with van der Waals surface area (Å²) in [4.78, 5) is 11.7. The van der Waals surface area contributed by atoms with Gasteiger partial charge >= 0.3 is 0 Å². The third-order valence-electron chi connectivity index (χ3n) is 2.61. The molecule has 0 atom stereocenters. The lowest BCUT2D eigenvalue weighted by atomic mass is 10.1. The van der Waals surface area contributed by atoms with Crippen LogP contribution in [-0.4, -0.2) is 12.4 Å². The van der Waals surface area contributed by atoms with Gasteiger partial charge in [-0.15, -0.1) is 0 Å². The van der Waals surface area contributed by atoms with Crippen LogP contribution in [-0.2, 0) is 11.2 Å². The molecule has 0 unspecified atom stereocenters. The van der Waals surface area contributed by atoms with E-state index in [9.17, 15) is 13.6 Å². The van der Waals surface area contributed by atoms with Gasteiger partial charge in [0.15, 0.2) is 5.78 Å². The minimum Gasteiger partial charge on any atom is -0.486 e. The average Bonchev–Trinajstić information content (AvgIpc) is 2.43. The summed E-state index contributed by atoms with van der Waals surface area (Å²) in [5, 5.41) is 0. The molecule has 0 N–H and O–H groups in total. The van der Waals surface area contributed by atoms with E-state index < -0.39 is 5.82 Å². The summed E-state index contributed by atoms with van der Waals surface area (Å²) in [5.41, 5.74) is 0.722. The molecule has 104 valence electrons. The molecule has 0 radical (unpaired) electrons. The SMILES string of the molecule is O=C(COc1ccc(F)c(Br)c1)Cc1ccc(F)cc1. The molecule has 2 aromatic carbocycles. The molecule has 0 saturated carbocycles. The highest BCUT2D eigenvalue weighted by molar-refractivity contribution is 9.10. The van der Waals surface area contributed by atoms with E-state index in [0.29, 0.717) is 5.75 Å². The van der Waals surface area contributed by atoms with Crippen molar-refractivity contribution in [1.29, 1.82) is 0 Å². The summed E-state index contributed by atoms with van der Waals surface area (Å²) in [6, 6.07) is 9.89. The van der Waals surface area contributed by atoms with E-state index in [1.165, 1.54) is 30.3 Å². The van der Waals surface area contributed by atoms with Crippen molar-refractivity contribution in [2.24, 2.45) is 0 Å². The van der Waals surface area contributed by atoms with E-state index in [0.717, 1.165) is 5.56 Å². The fourth-order valence-electron chi connectivity index (χ4n) is 1.61. The number of hydrogen-bond donors (Lipinski definition) is 0. The summed E-state index contributed by atoms with van der Waals surface area (Å²) in [6.07, 6.45) is 0.169. The highest BCUT2D eigenvalue weighted by Crippen LogP contribution is 2.21. The summed E-state index contributed by atoms with van der Waals surface area (Å²) in [5.74, 6) is -0.466. The van der Waals surface area contributed by atoms with Gasteiger partial charge in [0.25, 0.3) is 0 Å². The zero-order valence-electron chi connectivity index (χ0n) is 10.4. The van der Waals surface area contributed by atoms with Crippen molar-refractivity contribution in [3.63, 3.8) is 0 Å². The number of carbonyl (C=O) groups excluding carboxylic acids is 1. The molecule has 0 aromatic heterocycles. The molecule has 20 heavy (non-hydrogen) atoms. The Balaban J connectivity index is 1.88. The fourth-order valence-corrected chi connectivity index (χ4v) is 1.97. The Morgan fingerprint density at radius 1 is 1.10 bits per heavy atom. The number of hydrogen-bond acceptors (Lipinski definition) is 2. The first kappa shape index (κ1) is 14.7. The van der Waals surface area contributed by atoms with Gasteiger partial charge in [0.1, 0.15) is 24.0 Å². The quantitative estimate of drug-likeness (QED) is 0.824. The molecule has 2 nitrogen and oxygen atoms in total. The highest BCUT2D eigenvalue weighted by atomic mass is 79.9. The lowest BCUT2D eigenvalue weighted by Crippen LogP contribution is -2.13. The molecule has 0 saturated heterocycles. The number of halogens is 3. The minimum atomic E-state index is -0.394. The van der Waals surface area contributed by atoms with Gasteiger partial charge in [0.2, 0.25) is 0 Å². The van der Waals surface area contributed by atoms with E-state index in [4.69, 9.17) is 4.74 Å². The zero-order chi connectivity index (χ0) is 14.5. The predicted octanol–water partition coefficient (Wildman–Crippen LogP) is 3.92. The Hall–Kier alpha value is -1.75. The van der Waals surface area contributed by atoms with Crippen LogP contribution >= 0.6 is 15.9 Å². The molecule has 5 heteroatoms. The van der Waals surface area contributed by atoms with Crippen molar-refractivity contribution in [1.82, 2.24) is 0 Å². The van der Waals surface area contributed by atoms with Crippen LogP contribution in [0.15, 0.2) is 46.9 Å². The molecule has 2 rings (SSSR count). The molecule has 0 bridgehead atoms. The topological polar surface area (TPSA) is 26.3 Å². The number of rotatable bonds is 5. The van der Waals surface area contributed by atoms with Crippen LogP contribution < -0.4 is 4.74 Å². The average molecular weight is 341 g/mol. The smallest absolute Gasteiger partial charge is 0.174 e. The normalized spacial score (nSPS) is 10.3. The van der Waals surface area contributed by atoms with Crippen LogP contribution in [0.4, 0.5) is 8.78 Å². The summed E-state index contributed by atoms with van der Waals surface area (Å²) in [6.45, 7) is -0.116. The molecular weight excluding hydrogens is 330 g/mol. The van der Waals surface area contributed by atoms with Crippen LogP contribution in [0.3, 0.4) is 0 Å². The molecule has 0 heterocycles. The number of benzene rings is 2. The van der Waals surface area contributed by atoms with Gasteiger partial charge in [0.05, 0.1) is 4.47 Å². The van der Waals surface area contributed by atoms with Gasteiger partial charge in [-0.1, -0.05) is 12.1 Å².